The Balaban J connectivity index is 1.69. The van der Waals surface area contributed by atoms with Crippen LogP contribution in [-0.4, -0.2) is 79.9 Å². The standard InChI is InChI=1S/C17H23N3O4S/c1-19-6-7-20(15-10-25(22,23)9-14(15)19)17(21)12-8-11-4-3-5-13(11)18-16(12)24-2/h8,14-15H,3-7,9-10H2,1-2H3/t14-,15+/m0/s1. The molecule has 3 aliphatic rings. The number of hydrogen-bond acceptors (Lipinski definition) is 6. The number of fused-ring (bicyclic) bond motifs is 2. The zero-order chi connectivity index (χ0) is 17.8. The molecule has 0 spiro atoms. The molecule has 0 aromatic carbocycles. The third kappa shape index (κ3) is 2.81. The van der Waals surface area contributed by atoms with Crippen molar-refractivity contribution in [2.75, 3.05) is 38.8 Å². The quantitative estimate of drug-likeness (QED) is 0.741. The van der Waals surface area contributed by atoms with Crippen LogP contribution in [0.25, 0.3) is 0 Å². The van der Waals surface area contributed by atoms with Crippen LogP contribution in [0.2, 0.25) is 0 Å². The molecule has 8 heteroatoms. The van der Waals surface area contributed by atoms with E-state index in [9.17, 15) is 13.2 Å². The summed E-state index contributed by atoms with van der Waals surface area (Å²) in [5.74, 6) is 0.340. The number of amides is 1. The fraction of sp³-hybridized carbons (Fsp3) is 0.647. The number of rotatable bonds is 2. The Bertz CT molecular complexity index is 823. The van der Waals surface area contributed by atoms with Crippen LogP contribution in [0.4, 0.5) is 0 Å². The van der Waals surface area contributed by atoms with E-state index in [1.54, 1.807) is 4.90 Å². The van der Waals surface area contributed by atoms with Gasteiger partial charge in [-0.15, -0.1) is 0 Å². The summed E-state index contributed by atoms with van der Waals surface area (Å²) < 4.78 is 29.6. The molecule has 0 saturated carbocycles. The minimum absolute atomic E-state index is 0.0361. The van der Waals surface area contributed by atoms with Gasteiger partial charge in [-0.1, -0.05) is 0 Å². The molecule has 2 saturated heterocycles. The first-order chi connectivity index (χ1) is 11.9. The molecule has 2 aliphatic heterocycles. The molecule has 0 unspecified atom stereocenters. The monoisotopic (exact) mass is 365 g/mol. The summed E-state index contributed by atoms with van der Waals surface area (Å²) in [5.41, 5.74) is 2.57. The Morgan fingerprint density at radius 2 is 2.00 bits per heavy atom. The number of aryl methyl sites for hydroxylation is 2. The van der Waals surface area contributed by atoms with Gasteiger partial charge in [-0.3, -0.25) is 9.69 Å². The fourth-order valence-electron chi connectivity index (χ4n) is 4.30. The van der Waals surface area contributed by atoms with Gasteiger partial charge in [0.2, 0.25) is 5.88 Å². The van der Waals surface area contributed by atoms with Gasteiger partial charge in [-0.2, -0.15) is 0 Å². The Morgan fingerprint density at radius 1 is 1.24 bits per heavy atom. The highest BCUT2D eigenvalue weighted by molar-refractivity contribution is 7.91. The first-order valence-corrected chi connectivity index (χ1v) is 10.5. The van der Waals surface area contributed by atoms with Gasteiger partial charge < -0.3 is 9.64 Å². The number of piperazine rings is 1. The van der Waals surface area contributed by atoms with Crippen molar-refractivity contribution in [2.45, 2.75) is 31.3 Å². The van der Waals surface area contributed by atoms with Crippen LogP contribution in [0, 0.1) is 0 Å². The summed E-state index contributed by atoms with van der Waals surface area (Å²) in [7, 11) is 0.331. The number of ether oxygens (including phenoxy) is 1. The molecule has 0 bridgehead atoms. The third-order valence-corrected chi connectivity index (χ3v) is 7.35. The second-order valence-electron chi connectivity index (χ2n) is 7.20. The number of hydrogen-bond donors (Lipinski definition) is 0. The highest BCUT2D eigenvalue weighted by atomic mass is 32.2. The van der Waals surface area contributed by atoms with Gasteiger partial charge in [0.05, 0.1) is 24.7 Å². The van der Waals surface area contributed by atoms with Crippen molar-refractivity contribution in [3.05, 3.63) is 22.9 Å². The smallest absolute Gasteiger partial charge is 0.259 e. The van der Waals surface area contributed by atoms with Gasteiger partial charge in [-0.05, 0) is 37.9 Å². The average Bonchev–Trinajstić information content (AvgIpc) is 3.16. The topological polar surface area (TPSA) is 79.8 Å². The Labute approximate surface area is 147 Å². The van der Waals surface area contributed by atoms with Gasteiger partial charge in [0, 0.05) is 24.8 Å². The zero-order valence-corrected chi connectivity index (χ0v) is 15.4. The van der Waals surface area contributed by atoms with Gasteiger partial charge in [-0.25, -0.2) is 13.4 Å². The molecule has 2 atom stereocenters. The van der Waals surface area contributed by atoms with Crippen molar-refractivity contribution in [3.8, 4) is 5.88 Å². The van der Waals surface area contributed by atoms with E-state index in [-0.39, 0.29) is 29.5 Å². The predicted molar refractivity (Wildman–Crippen MR) is 92.7 cm³/mol. The van der Waals surface area contributed by atoms with E-state index in [1.165, 1.54) is 7.11 Å². The molecule has 1 amide bonds. The molecule has 1 aliphatic carbocycles. The third-order valence-electron chi connectivity index (χ3n) is 5.65. The highest BCUT2D eigenvalue weighted by Crippen LogP contribution is 2.31. The van der Waals surface area contributed by atoms with Crippen molar-refractivity contribution in [1.29, 1.82) is 0 Å². The summed E-state index contributed by atoms with van der Waals surface area (Å²) in [6.07, 6.45) is 2.88. The van der Waals surface area contributed by atoms with E-state index in [0.29, 0.717) is 24.5 Å². The maximum absolute atomic E-state index is 13.2. The molecule has 25 heavy (non-hydrogen) atoms. The number of carbonyl (C=O) groups is 1. The molecule has 4 rings (SSSR count). The van der Waals surface area contributed by atoms with Gasteiger partial charge in [0.25, 0.3) is 5.91 Å². The number of methoxy groups -OCH3 is 1. The summed E-state index contributed by atoms with van der Waals surface area (Å²) >= 11 is 0. The molecule has 1 aromatic rings. The van der Waals surface area contributed by atoms with Crippen LogP contribution < -0.4 is 4.74 Å². The first kappa shape index (κ1) is 16.8. The van der Waals surface area contributed by atoms with Crippen LogP contribution in [-0.2, 0) is 22.7 Å². The van der Waals surface area contributed by atoms with Crippen LogP contribution in [0.5, 0.6) is 5.88 Å². The van der Waals surface area contributed by atoms with Crippen LogP contribution in [0.1, 0.15) is 28.0 Å². The summed E-state index contributed by atoms with van der Waals surface area (Å²) in [5, 5.41) is 0. The Kier molecular flexibility index (Phi) is 3.99. The number of nitrogens with zero attached hydrogens (tertiary/aromatic N) is 3. The summed E-state index contributed by atoms with van der Waals surface area (Å²) in [4.78, 5) is 21.5. The van der Waals surface area contributed by atoms with Gasteiger partial charge in [0.1, 0.15) is 5.56 Å². The highest BCUT2D eigenvalue weighted by Gasteiger charge is 2.47. The second-order valence-corrected chi connectivity index (χ2v) is 9.35. The van der Waals surface area contributed by atoms with Crippen LogP contribution >= 0.6 is 0 Å². The molecule has 2 fully saturated rings. The number of aromatic nitrogens is 1. The van der Waals surface area contributed by atoms with E-state index in [4.69, 9.17) is 4.74 Å². The maximum atomic E-state index is 13.2. The molecule has 7 nitrogen and oxygen atoms in total. The number of pyridine rings is 1. The van der Waals surface area contributed by atoms with Gasteiger partial charge >= 0.3 is 0 Å². The lowest BCUT2D eigenvalue weighted by atomic mass is 10.0. The van der Waals surface area contributed by atoms with Crippen LogP contribution in [0.3, 0.4) is 0 Å². The first-order valence-electron chi connectivity index (χ1n) is 8.68. The van der Waals surface area contributed by atoms with E-state index in [2.05, 4.69) is 9.88 Å². The van der Waals surface area contributed by atoms with Crippen LogP contribution in [0.15, 0.2) is 6.07 Å². The average molecular weight is 365 g/mol. The zero-order valence-electron chi connectivity index (χ0n) is 14.6. The molecular weight excluding hydrogens is 342 g/mol. The fourth-order valence-corrected chi connectivity index (χ4v) is 6.35. The minimum atomic E-state index is -3.12. The second kappa shape index (κ2) is 5.95. The largest absolute Gasteiger partial charge is 0.480 e. The SMILES string of the molecule is COc1nc2c(cc1C(=O)N1CCN(C)[C@H]3CS(=O)(=O)C[C@H]31)CCC2. The molecule has 0 radical (unpaired) electrons. The maximum Gasteiger partial charge on any atom is 0.259 e. The molecule has 1 aromatic heterocycles. The van der Waals surface area contributed by atoms with Crippen molar-refractivity contribution in [2.24, 2.45) is 0 Å². The lowest BCUT2D eigenvalue weighted by Gasteiger charge is -2.42. The number of sulfone groups is 1. The minimum Gasteiger partial charge on any atom is -0.480 e. The van der Waals surface area contributed by atoms with E-state index >= 15 is 0 Å². The molecule has 3 heterocycles. The molecule has 136 valence electrons. The van der Waals surface area contributed by atoms with E-state index < -0.39 is 9.84 Å². The van der Waals surface area contributed by atoms with E-state index in [0.717, 1.165) is 30.5 Å². The normalized spacial score (nSPS) is 27.8. The summed E-state index contributed by atoms with van der Waals surface area (Å²) in [6, 6.07) is 1.47. The van der Waals surface area contributed by atoms with Crippen molar-refractivity contribution in [3.63, 3.8) is 0 Å². The molecule has 0 N–H and O–H groups in total. The van der Waals surface area contributed by atoms with Crippen molar-refractivity contribution >= 4 is 15.7 Å². The van der Waals surface area contributed by atoms with E-state index in [1.807, 2.05) is 13.1 Å². The molecular formula is C17H23N3O4S. The van der Waals surface area contributed by atoms with Crippen molar-refractivity contribution < 1.29 is 17.9 Å². The number of carbonyl (C=O) groups excluding carboxylic acids is 1. The summed E-state index contributed by atoms with van der Waals surface area (Å²) in [6.45, 7) is 1.19. The Hall–Kier alpha value is -1.67. The Morgan fingerprint density at radius 3 is 2.76 bits per heavy atom. The lowest BCUT2D eigenvalue weighted by Crippen LogP contribution is -2.59. The van der Waals surface area contributed by atoms with Crippen molar-refractivity contribution in [1.82, 2.24) is 14.8 Å². The van der Waals surface area contributed by atoms with Gasteiger partial charge in [0.15, 0.2) is 9.84 Å². The lowest BCUT2D eigenvalue weighted by molar-refractivity contribution is 0.0406. The predicted octanol–water partition coefficient (Wildman–Crippen LogP) is 0.132. The number of likely N-dealkylation sites (N-methyl/N-ethyl adjacent to an activating group) is 1.